The molecule has 156 valence electrons. The number of hydrogen-bond donors (Lipinski definition) is 1. The van der Waals surface area contributed by atoms with E-state index in [1.165, 1.54) is 5.56 Å². The van der Waals surface area contributed by atoms with Crippen LogP contribution in [0.2, 0.25) is 0 Å². The predicted molar refractivity (Wildman–Crippen MR) is 114 cm³/mol. The molecule has 0 spiro atoms. The lowest BCUT2D eigenvalue weighted by Gasteiger charge is -2.34. The van der Waals surface area contributed by atoms with Crippen molar-refractivity contribution in [2.75, 3.05) is 26.2 Å². The van der Waals surface area contributed by atoms with Gasteiger partial charge in [0, 0.05) is 32.0 Å². The summed E-state index contributed by atoms with van der Waals surface area (Å²) < 4.78 is 7.13. The highest BCUT2D eigenvalue weighted by molar-refractivity contribution is 5.81. The minimum absolute atomic E-state index is 0.0787. The number of esters is 1. The summed E-state index contributed by atoms with van der Waals surface area (Å²) in [5.74, 6) is 0.684. The molecule has 1 saturated heterocycles. The summed E-state index contributed by atoms with van der Waals surface area (Å²) in [6.45, 7) is 8.04. The SMILES string of the molecule is CCNC(=NCc1cccc(Cn2cccn2)c1)N1CCCC(C(=O)OCC)C1. The highest BCUT2D eigenvalue weighted by atomic mass is 16.5. The van der Waals surface area contributed by atoms with Gasteiger partial charge in [-0.1, -0.05) is 24.3 Å². The van der Waals surface area contributed by atoms with Crippen molar-refractivity contribution >= 4 is 11.9 Å². The van der Waals surface area contributed by atoms with Gasteiger partial charge in [0.1, 0.15) is 0 Å². The molecule has 0 amide bonds. The molecule has 0 aliphatic carbocycles. The number of aliphatic imine (C=N–C) groups is 1. The van der Waals surface area contributed by atoms with E-state index < -0.39 is 0 Å². The van der Waals surface area contributed by atoms with Crippen molar-refractivity contribution in [3.8, 4) is 0 Å². The molecule has 3 rings (SSSR count). The molecule has 0 saturated carbocycles. The minimum Gasteiger partial charge on any atom is -0.466 e. The maximum Gasteiger partial charge on any atom is 0.310 e. The van der Waals surface area contributed by atoms with Gasteiger partial charge in [0.05, 0.1) is 25.6 Å². The van der Waals surface area contributed by atoms with Crippen molar-refractivity contribution in [2.45, 2.75) is 39.8 Å². The van der Waals surface area contributed by atoms with E-state index in [1.54, 1.807) is 6.20 Å². The summed E-state index contributed by atoms with van der Waals surface area (Å²) in [4.78, 5) is 19.2. The largest absolute Gasteiger partial charge is 0.466 e. The van der Waals surface area contributed by atoms with E-state index in [0.717, 1.165) is 44.0 Å². The molecule has 1 unspecified atom stereocenters. The van der Waals surface area contributed by atoms with Crippen LogP contribution in [0.1, 0.15) is 37.8 Å². The zero-order valence-corrected chi connectivity index (χ0v) is 17.4. The normalized spacial score (nSPS) is 17.2. The third-order valence-electron chi connectivity index (χ3n) is 4.98. The molecular weight excluding hydrogens is 366 g/mol. The molecule has 1 aliphatic heterocycles. The maximum absolute atomic E-state index is 12.2. The van der Waals surface area contributed by atoms with Crippen LogP contribution in [0.5, 0.6) is 0 Å². The third kappa shape index (κ3) is 6.07. The number of nitrogens with zero attached hydrogens (tertiary/aromatic N) is 4. The number of carbonyl (C=O) groups excluding carboxylic acids is 1. The standard InChI is InChI=1S/C22H31N5O2/c1-3-23-22(26-12-6-10-20(17-26)21(28)29-4-2)24-15-18-8-5-9-19(14-18)16-27-13-7-11-25-27/h5,7-9,11,13-14,20H,3-4,6,10,12,15-17H2,1-2H3,(H,23,24). The molecule has 29 heavy (non-hydrogen) atoms. The Morgan fingerprint density at radius 3 is 2.93 bits per heavy atom. The summed E-state index contributed by atoms with van der Waals surface area (Å²) in [5.41, 5.74) is 2.36. The predicted octanol–water partition coefficient (Wildman–Crippen LogP) is 2.67. The van der Waals surface area contributed by atoms with Gasteiger partial charge in [0.15, 0.2) is 5.96 Å². The van der Waals surface area contributed by atoms with E-state index in [9.17, 15) is 4.79 Å². The van der Waals surface area contributed by atoms with Gasteiger partial charge in [-0.2, -0.15) is 5.10 Å². The van der Waals surface area contributed by atoms with Crippen molar-refractivity contribution < 1.29 is 9.53 Å². The number of guanidine groups is 1. The number of ether oxygens (including phenoxy) is 1. The number of benzene rings is 1. The Bertz CT molecular complexity index is 803. The lowest BCUT2D eigenvalue weighted by Crippen LogP contribution is -2.48. The van der Waals surface area contributed by atoms with Crippen LogP contribution in [-0.4, -0.2) is 52.9 Å². The highest BCUT2D eigenvalue weighted by Crippen LogP contribution is 2.18. The Morgan fingerprint density at radius 1 is 1.31 bits per heavy atom. The van der Waals surface area contributed by atoms with Gasteiger partial charge < -0.3 is 15.0 Å². The van der Waals surface area contributed by atoms with Gasteiger partial charge in [-0.25, -0.2) is 4.99 Å². The molecule has 7 nitrogen and oxygen atoms in total. The van der Waals surface area contributed by atoms with E-state index in [4.69, 9.17) is 9.73 Å². The van der Waals surface area contributed by atoms with E-state index in [0.29, 0.717) is 19.7 Å². The monoisotopic (exact) mass is 397 g/mol. The second-order valence-electron chi connectivity index (χ2n) is 7.23. The van der Waals surface area contributed by atoms with Crippen LogP contribution in [0.4, 0.5) is 0 Å². The molecule has 1 atom stereocenters. The Morgan fingerprint density at radius 2 is 2.17 bits per heavy atom. The van der Waals surface area contributed by atoms with Gasteiger partial charge in [0.2, 0.25) is 0 Å². The first-order valence-corrected chi connectivity index (χ1v) is 10.4. The Labute approximate surface area is 172 Å². The molecule has 2 aromatic rings. The molecule has 2 heterocycles. The van der Waals surface area contributed by atoms with Gasteiger partial charge in [-0.3, -0.25) is 9.48 Å². The Hall–Kier alpha value is -2.83. The fraction of sp³-hybridized carbons (Fsp3) is 0.500. The molecule has 7 heteroatoms. The fourth-order valence-corrected chi connectivity index (χ4v) is 3.62. The van der Waals surface area contributed by atoms with Crippen LogP contribution < -0.4 is 5.32 Å². The maximum atomic E-state index is 12.2. The first-order chi connectivity index (χ1) is 14.2. The molecule has 1 aromatic carbocycles. The summed E-state index contributed by atoms with van der Waals surface area (Å²) in [6, 6.07) is 10.4. The van der Waals surface area contributed by atoms with Crippen LogP contribution in [-0.2, 0) is 22.6 Å². The summed E-state index contributed by atoms with van der Waals surface area (Å²) >= 11 is 0. The van der Waals surface area contributed by atoms with Crippen molar-refractivity contribution in [1.29, 1.82) is 0 Å². The number of piperidine rings is 1. The van der Waals surface area contributed by atoms with Crippen molar-refractivity contribution in [3.05, 3.63) is 53.9 Å². The van der Waals surface area contributed by atoms with Crippen molar-refractivity contribution in [1.82, 2.24) is 20.0 Å². The van der Waals surface area contributed by atoms with Crippen molar-refractivity contribution in [2.24, 2.45) is 10.9 Å². The van der Waals surface area contributed by atoms with E-state index >= 15 is 0 Å². The number of carbonyl (C=O) groups is 1. The first-order valence-electron chi connectivity index (χ1n) is 10.4. The van der Waals surface area contributed by atoms with Gasteiger partial charge >= 0.3 is 5.97 Å². The highest BCUT2D eigenvalue weighted by Gasteiger charge is 2.28. The van der Waals surface area contributed by atoms with Crippen LogP contribution >= 0.6 is 0 Å². The second-order valence-corrected chi connectivity index (χ2v) is 7.23. The lowest BCUT2D eigenvalue weighted by molar-refractivity contribution is -0.149. The molecule has 1 aliphatic rings. The number of nitrogens with one attached hydrogen (secondary N) is 1. The second kappa shape index (κ2) is 10.6. The van der Waals surface area contributed by atoms with Crippen LogP contribution in [0, 0.1) is 5.92 Å². The zero-order valence-electron chi connectivity index (χ0n) is 17.4. The zero-order chi connectivity index (χ0) is 20.5. The quantitative estimate of drug-likeness (QED) is 0.442. The Balaban J connectivity index is 1.66. The Kier molecular flexibility index (Phi) is 7.67. The number of likely N-dealkylation sites (tertiary alicyclic amines) is 1. The average molecular weight is 398 g/mol. The molecule has 0 radical (unpaired) electrons. The third-order valence-corrected chi connectivity index (χ3v) is 4.98. The molecule has 1 fully saturated rings. The van der Waals surface area contributed by atoms with Crippen LogP contribution in [0.15, 0.2) is 47.7 Å². The number of rotatable bonds is 7. The fourth-order valence-electron chi connectivity index (χ4n) is 3.62. The van der Waals surface area contributed by atoms with Crippen LogP contribution in [0.3, 0.4) is 0 Å². The average Bonchev–Trinajstić information content (AvgIpc) is 3.25. The number of aromatic nitrogens is 2. The summed E-state index contributed by atoms with van der Waals surface area (Å²) in [6.07, 6.45) is 5.60. The van der Waals surface area contributed by atoms with Gasteiger partial charge in [0.25, 0.3) is 0 Å². The summed E-state index contributed by atoms with van der Waals surface area (Å²) in [5, 5.41) is 7.64. The first kappa shape index (κ1) is 20.9. The summed E-state index contributed by atoms with van der Waals surface area (Å²) in [7, 11) is 0. The topological polar surface area (TPSA) is 71.8 Å². The van der Waals surface area contributed by atoms with Gasteiger partial charge in [-0.05, 0) is 43.9 Å². The molecular formula is C22H31N5O2. The van der Waals surface area contributed by atoms with E-state index in [2.05, 4.69) is 46.5 Å². The van der Waals surface area contributed by atoms with Crippen LogP contribution in [0.25, 0.3) is 0 Å². The smallest absolute Gasteiger partial charge is 0.310 e. The van der Waals surface area contributed by atoms with Gasteiger partial charge in [-0.15, -0.1) is 0 Å². The molecule has 1 N–H and O–H groups in total. The molecule has 0 bridgehead atoms. The molecule has 1 aromatic heterocycles. The van der Waals surface area contributed by atoms with E-state index in [1.807, 2.05) is 23.9 Å². The minimum atomic E-state index is -0.0978. The lowest BCUT2D eigenvalue weighted by atomic mass is 9.98. The van der Waals surface area contributed by atoms with E-state index in [-0.39, 0.29) is 11.9 Å². The van der Waals surface area contributed by atoms with Crippen molar-refractivity contribution in [3.63, 3.8) is 0 Å². The number of hydrogen-bond acceptors (Lipinski definition) is 4.